The molecule has 0 atom stereocenters. The Kier molecular flexibility index (Phi) is 7.07. The molecule has 4 rings (SSSR count). The van der Waals surface area contributed by atoms with Crippen molar-refractivity contribution in [3.05, 3.63) is 48.7 Å². The minimum Gasteiger partial charge on any atom is -0.470 e. The van der Waals surface area contributed by atoms with E-state index in [0.717, 1.165) is 29.8 Å². The molecule has 1 saturated heterocycles. The molecule has 0 radical (unpaired) electrons. The Morgan fingerprint density at radius 2 is 1.90 bits per heavy atom. The van der Waals surface area contributed by atoms with E-state index in [-0.39, 0.29) is 0 Å². The average molecular weight is 495 g/mol. The highest BCUT2D eigenvalue weighted by Crippen LogP contribution is 2.33. The zero-order valence-electron chi connectivity index (χ0n) is 16.5. The summed E-state index contributed by atoms with van der Waals surface area (Å²) in [4.78, 5) is 9.58. The van der Waals surface area contributed by atoms with Crippen LogP contribution in [0.25, 0.3) is 10.6 Å². The van der Waals surface area contributed by atoms with E-state index in [2.05, 4.69) is 40.5 Å². The van der Waals surface area contributed by atoms with E-state index in [0.29, 0.717) is 34.7 Å². The summed E-state index contributed by atoms with van der Waals surface area (Å²) in [5.41, 5.74) is 1.40. The van der Waals surface area contributed by atoms with Crippen LogP contribution in [0.4, 0.5) is 11.6 Å². The highest BCUT2D eigenvalue weighted by atomic mass is 32.2. The number of ether oxygens (including phenoxy) is 1. The third-order valence-electron chi connectivity index (χ3n) is 4.73. The average Bonchev–Trinajstić information content (AvgIpc) is 3.26. The Morgan fingerprint density at radius 3 is 2.68 bits per heavy atom. The van der Waals surface area contributed by atoms with Crippen LogP contribution in [-0.4, -0.2) is 40.5 Å². The number of hydrogen-bond donors (Lipinski definition) is 3. The Balaban J connectivity index is 1.53. The summed E-state index contributed by atoms with van der Waals surface area (Å²) in [5.74, 6) is 1.01. The highest BCUT2D eigenvalue weighted by Gasteiger charge is 2.27. The van der Waals surface area contributed by atoms with Crippen LogP contribution in [0.1, 0.15) is 19.3 Å². The van der Waals surface area contributed by atoms with E-state index in [1.807, 2.05) is 12.1 Å². The maximum absolute atomic E-state index is 12.9. The van der Waals surface area contributed by atoms with Gasteiger partial charge in [0.2, 0.25) is 5.95 Å². The van der Waals surface area contributed by atoms with Crippen LogP contribution in [0.2, 0.25) is 0 Å². The van der Waals surface area contributed by atoms with Crippen molar-refractivity contribution in [2.24, 2.45) is 0 Å². The van der Waals surface area contributed by atoms with Crippen LogP contribution in [-0.2, 0) is 10.0 Å². The third-order valence-corrected chi connectivity index (χ3v) is 8.41. The lowest BCUT2D eigenvalue weighted by Crippen LogP contribution is -2.35. The largest absolute Gasteiger partial charge is 0.470 e. The fourth-order valence-electron chi connectivity index (χ4n) is 3.28. The number of nitrogens with zero attached hydrogens (tertiary/aromatic N) is 3. The number of benzene rings is 1. The molecular weight excluding hydrogens is 473 g/mol. The molecule has 11 heteroatoms. The number of rotatable bonds is 7. The third kappa shape index (κ3) is 5.53. The summed E-state index contributed by atoms with van der Waals surface area (Å²) in [7, 11) is -3.46. The molecule has 1 N–H and O–H groups in total. The van der Waals surface area contributed by atoms with Crippen molar-refractivity contribution in [1.82, 2.24) is 14.3 Å². The summed E-state index contributed by atoms with van der Waals surface area (Å²) >= 11 is 9.44. The molecule has 1 fully saturated rings. The van der Waals surface area contributed by atoms with Gasteiger partial charge >= 0.3 is 0 Å². The molecule has 0 amide bonds. The molecule has 164 valence electrons. The van der Waals surface area contributed by atoms with E-state index in [9.17, 15) is 8.42 Å². The van der Waals surface area contributed by atoms with Crippen molar-refractivity contribution < 1.29 is 13.2 Å². The molecule has 31 heavy (non-hydrogen) atoms. The number of thiophene rings is 1. The standard InChI is InChI=1S/C20H22N4O3S4/c25-31(26,24-11-2-1-3-12-24)18-8-7-17(30-18)16-9-10-21-19(23-16)22-14-5-4-6-15(13-14)27-20(28)29/h4-10,13,20,28-29H,1-3,11-12H2,(H,21,22,23). The fraction of sp³-hybridized carbons (Fsp3) is 0.300. The van der Waals surface area contributed by atoms with Gasteiger partial charge in [-0.2, -0.15) is 4.31 Å². The highest BCUT2D eigenvalue weighted by molar-refractivity contribution is 7.98. The molecule has 0 saturated carbocycles. The van der Waals surface area contributed by atoms with Crippen LogP contribution >= 0.6 is 36.6 Å². The maximum atomic E-state index is 12.9. The zero-order chi connectivity index (χ0) is 21.8. The van der Waals surface area contributed by atoms with Gasteiger partial charge in [-0.05, 0) is 43.2 Å². The number of thiol groups is 2. The summed E-state index contributed by atoms with van der Waals surface area (Å²) in [6.45, 7) is 1.17. The molecule has 0 spiro atoms. The lowest BCUT2D eigenvalue weighted by atomic mass is 10.2. The second kappa shape index (κ2) is 9.78. The van der Waals surface area contributed by atoms with Crippen LogP contribution in [0.15, 0.2) is 52.9 Å². The molecule has 1 aliphatic rings. The van der Waals surface area contributed by atoms with Gasteiger partial charge in [0.25, 0.3) is 10.0 Å². The normalized spacial score (nSPS) is 15.2. The summed E-state index contributed by atoms with van der Waals surface area (Å²) < 4.78 is 32.7. The maximum Gasteiger partial charge on any atom is 0.252 e. The van der Waals surface area contributed by atoms with Crippen LogP contribution in [0, 0.1) is 0 Å². The molecule has 1 aliphatic heterocycles. The first-order chi connectivity index (χ1) is 14.9. The van der Waals surface area contributed by atoms with Gasteiger partial charge in [-0.3, -0.25) is 0 Å². The summed E-state index contributed by atoms with van der Waals surface area (Å²) in [6.07, 6.45) is 4.54. The predicted molar refractivity (Wildman–Crippen MR) is 130 cm³/mol. The summed E-state index contributed by atoms with van der Waals surface area (Å²) in [5, 5.41) is 3.14. The second-order valence-corrected chi connectivity index (χ2v) is 11.5. The van der Waals surface area contributed by atoms with Crippen molar-refractivity contribution in [2.75, 3.05) is 18.4 Å². The van der Waals surface area contributed by atoms with Gasteiger partial charge in [0.05, 0.1) is 10.6 Å². The topological polar surface area (TPSA) is 84.4 Å². The number of anilines is 2. The molecule has 3 aromatic rings. The van der Waals surface area contributed by atoms with E-state index in [1.54, 1.807) is 40.8 Å². The molecule has 3 heterocycles. The number of aromatic nitrogens is 2. The van der Waals surface area contributed by atoms with E-state index in [4.69, 9.17) is 4.74 Å². The van der Waals surface area contributed by atoms with Crippen LogP contribution in [0.3, 0.4) is 0 Å². The SMILES string of the molecule is O=S(=O)(c1ccc(-c2ccnc(Nc3cccc(OC(S)S)c3)n2)s1)N1CCCCC1. The van der Waals surface area contributed by atoms with Gasteiger partial charge in [0.15, 0.2) is 4.77 Å². The van der Waals surface area contributed by atoms with Crippen molar-refractivity contribution in [3.63, 3.8) is 0 Å². The van der Waals surface area contributed by atoms with Crippen LogP contribution in [0.5, 0.6) is 5.75 Å². The number of sulfonamides is 1. The van der Waals surface area contributed by atoms with Crippen molar-refractivity contribution in [2.45, 2.75) is 28.2 Å². The minimum absolute atomic E-state index is 0.343. The van der Waals surface area contributed by atoms with Crippen molar-refractivity contribution in [1.29, 1.82) is 0 Å². The predicted octanol–water partition coefficient (Wildman–Crippen LogP) is 4.65. The molecule has 0 bridgehead atoms. The molecule has 0 aliphatic carbocycles. The van der Waals surface area contributed by atoms with Crippen molar-refractivity contribution >= 4 is 58.3 Å². The van der Waals surface area contributed by atoms with Gasteiger partial charge < -0.3 is 10.1 Å². The van der Waals surface area contributed by atoms with E-state index >= 15 is 0 Å². The Morgan fingerprint density at radius 1 is 1.10 bits per heavy atom. The number of hydrogen-bond acceptors (Lipinski definition) is 9. The zero-order valence-corrected chi connectivity index (χ0v) is 19.9. The summed E-state index contributed by atoms with van der Waals surface area (Å²) in [6, 6.07) is 12.5. The van der Waals surface area contributed by atoms with Gasteiger partial charge in [0.1, 0.15) is 9.96 Å². The Hall–Kier alpha value is -1.79. The van der Waals surface area contributed by atoms with Crippen LogP contribution < -0.4 is 10.1 Å². The quantitative estimate of drug-likeness (QED) is 0.328. The van der Waals surface area contributed by atoms with E-state index < -0.39 is 14.8 Å². The lowest BCUT2D eigenvalue weighted by Gasteiger charge is -2.25. The van der Waals surface area contributed by atoms with E-state index in [1.165, 1.54) is 11.3 Å². The van der Waals surface area contributed by atoms with Gasteiger partial charge in [-0.15, -0.1) is 36.6 Å². The number of nitrogens with one attached hydrogen (secondary N) is 1. The molecule has 2 aromatic heterocycles. The first kappa shape index (κ1) is 22.4. The minimum atomic E-state index is -3.46. The molecular formula is C20H22N4O3S4. The van der Waals surface area contributed by atoms with Gasteiger partial charge in [-0.1, -0.05) is 12.5 Å². The first-order valence-corrected chi connectivity index (χ1v) is 13.0. The fourth-order valence-corrected chi connectivity index (χ4v) is 6.47. The Bertz CT molecular complexity index is 1140. The monoisotopic (exact) mass is 494 g/mol. The first-order valence-electron chi connectivity index (χ1n) is 9.75. The lowest BCUT2D eigenvalue weighted by molar-refractivity contribution is 0.347. The molecule has 7 nitrogen and oxygen atoms in total. The van der Waals surface area contributed by atoms with Gasteiger partial charge in [0, 0.05) is 31.0 Å². The van der Waals surface area contributed by atoms with Gasteiger partial charge in [-0.25, -0.2) is 18.4 Å². The second-order valence-electron chi connectivity index (χ2n) is 6.95. The smallest absolute Gasteiger partial charge is 0.252 e. The number of piperidine rings is 1. The molecule has 1 aromatic carbocycles. The Labute approximate surface area is 196 Å². The van der Waals surface area contributed by atoms with Crippen molar-refractivity contribution in [3.8, 4) is 16.3 Å². The molecule has 0 unspecified atom stereocenters.